The van der Waals surface area contributed by atoms with Crippen molar-refractivity contribution in [1.82, 2.24) is 9.97 Å². The quantitative estimate of drug-likeness (QED) is 0.517. The summed E-state index contributed by atoms with van der Waals surface area (Å²) in [4.78, 5) is 37.5. The van der Waals surface area contributed by atoms with Gasteiger partial charge < -0.3 is 14.7 Å². The smallest absolute Gasteiger partial charge is 0.348 e. The zero-order chi connectivity index (χ0) is 25.2. The highest BCUT2D eigenvalue weighted by molar-refractivity contribution is 7.14. The summed E-state index contributed by atoms with van der Waals surface area (Å²) < 4.78 is 6.04. The molecule has 0 aromatic carbocycles. The van der Waals surface area contributed by atoms with Crippen molar-refractivity contribution < 1.29 is 19.4 Å². The molecule has 2 saturated carbocycles. The molecular weight excluding hydrogens is 462 g/mol. The summed E-state index contributed by atoms with van der Waals surface area (Å²) in [5, 5.41) is 10.1. The Labute approximate surface area is 211 Å². The minimum Gasteiger partial charge on any atom is -0.477 e. The zero-order valence-electron chi connectivity index (χ0n) is 21.2. The molecule has 0 atom stereocenters. The summed E-state index contributed by atoms with van der Waals surface area (Å²) in [7, 11) is 0. The van der Waals surface area contributed by atoms with Crippen LogP contribution in [0.2, 0.25) is 0 Å². The normalized spacial score (nSPS) is 25.1. The Kier molecular flexibility index (Phi) is 7.79. The van der Waals surface area contributed by atoms with Gasteiger partial charge in [-0.1, -0.05) is 27.7 Å². The molecule has 2 aromatic rings. The lowest BCUT2D eigenvalue weighted by Crippen LogP contribution is -2.47. The van der Waals surface area contributed by atoms with Crippen LogP contribution in [0.25, 0.3) is 0 Å². The molecule has 0 saturated heterocycles. The summed E-state index contributed by atoms with van der Waals surface area (Å²) in [6.07, 6.45) is 10.1. The number of carboxylic acids is 1. The van der Waals surface area contributed by atoms with Crippen LogP contribution in [0.4, 0.5) is 5.69 Å². The van der Waals surface area contributed by atoms with Crippen molar-refractivity contribution in [2.45, 2.75) is 96.6 Å². The second-order valence-electron chi connectivity index (χ2n) is 11.1. The predicted molar refractivity (Wildman–Crippen MR) is 137 cm³/mol. The SMILES string of the molecule is CC(C)(C)c1cc(N(C(=O)[C@H]2CC[C@H](C)CC2)[C@H]2CC[C@H](Oc3ccncn3)CC2)c(C(=O)O)s1. The van der Waals surface area contributed by atoms with Gasteiger partial charge in [0, 0.05) is 29.1 Å². The number of carbonyl (C=O) groups is 2. The van der Waals surface area contributed by atoms with Gasteiger partial charge in [-0.15, -0.1) is 11.3 Å². The van der Waals surface area contributed by atoms with Crippen LogP contribution in [0.5, 0.6) is 5.88 Å². The van der Waals surface area contributed by atoms with Gasteiger partial charge in [-0.25, -0.2) is 14.8 Å². The summed E-state index contributed by atoms with van der Waals surface area (Å²) in [6.45, 7) is 8.49. The molecule has 35 heavy (non-hydrogen) atoms. The fourth-order valence-electron chi connectivity index (χ4n) is 5.22. The number of carbonyl (C=O) groups excluding carboxylic acids is 1. The standard InChI is InChI=1S/C27H37N3O4S/c1-17-5-7-18(8-6-17)25(31)30(21-15-22(27(2,3)4)35-24(21)26(32)33)19-9-11-20(12-10-19)34-23-13-14-28-16-29-23/h13-20H,5-12H2,1-4H3,(H,32,33)/t17-,18-,19-,20-. The Balaban J connectivity index is 1.60. The first-order valence-corrected chi connectivity index (χ1v) is 13.6. The highest BCUT2D eigenvalue weighted by Gasteiger charge is 2.38. The number of amides is 1. The van der Waals surface area contributed by atoms with E-state index in [0.717, 1.165) is 56.2 Å². The van der Waals surface area contributed by atoms with Crippen LogP contribution < -0.4 is 9.64 Å². The third-order valence-corrected chi connectivity index (χ3v) is 8.90. The highest BCUT2D eigenvalue weighted by atomic mass is 32.1. The fraction of sp³-hybridized carbons (Fsp3) is 0.630. The zero-order valence-corrected chi connectivity index (χ0v) is 22.0. The van der Waals surface area contributed by atoms with Crippen molar-refractivity contribution in [2.24, 2.45) is 11.8 Å². The summed E-state index contributed by atoms with van der Waals surface area (Å²) in [5.41, 5.74) is 0.390. The summed E-state index contributed by atoms with van der Waals surface area (Å²) >= 11 is 1.30. The average molecular weight is 500 g/mol. The van der Waals surface area contributed by atoms with Crippen molar-refractivity contribution in [3.05, 3.63) is 34.4 Å². The lowest BCUT2D eigenvalue weighted by atomic mass is 9.81. The molecule has 0 bridgehead atoms. The van der Waals surface area contributed by atoms with Crippen LogP contribution in [0.1, 0.15) is 93.6 Å². The Morgan fingerprint density at radius 2 is 1.77 bits per heavy atom. The van der Waals surface area contributed by atoms with Gasteiger partial charge in [0.2, 0.25) is 11.8 Å². The second kappa shape index (κ2) is 10.6. The fourth-order valence-corrected chi connectivity index (χ4v) is 6.27. The molecule has 2 aliphatic carbocycles. The molecule has 190 valence electrons. The first-order chi connectivity index (χ1) is 16.6. The number of aromatic nitrogens is 2. The minimum absolute atomic E-state index is 0.0280. The molecular formula is C27H37N3O4S. The van der Waals surface area contributed by atoms with E-state index in [1.165, 1.54) is 17.7 Å². The van der Waals surface area contributed by atoms with Crippen LogP contribution in [-0.4, -0.2) is 39.1 Å². The number of carboxylic acid groups (broad SMARTS) is 1. The van der Waals surface area contributed by atoms with Gasteiger partial charge in [0.15, 0.2) is 0 Å². The average Bonchev–Trinajstić information content (AvgIpc) is 3.27. The summed E-state index contributed by atoms with van der Waals surface area (Å²) in [5.74, 6) is 0.300. The number of hydrogen-bond donors (Lipinski definition) is 1. The lowest BCUT2D eigenvalue weighted by Gasteiger charge is -2.39. The van der Waals surface area contributed by atoms with E-state index in [2.05, 4.69) is 37.7 Å². The molecule has 0 spiro atoms. The van der Waals surface area contributed by atoms with Gasteiger partial charge >= 0.3 is 5.97 Å². The molecule has 8 heteroatoms. The monoisotopic (exact) mass is 499 g/mol. The molecule has 2 heterocycles. The van der Waals surface area contributed by atoms with Crippen molar-refractivity contribution >= 4 is 28.9 Å². The van der Waals surface area contributed by atoms with Gasteiger partial charge in [0.25, 0.3) is 0 Å². The van der Waals surface area contributed by atoms with Crippen LogP contribution >= 0.6 is 11.3 Å². The highest BCUT2D eigenvalue weighted by Crippen LogP contribution is 2.42. The molecule has 2 aromatic heterocycles. The molecule has 0 unspecified atom stereocenters. The predicted octanol–water partition coefficient (Wildman–Crippen LogP) is 6.08. The third kappa shape index (κ3) is 6.02. The molecule has 1 amide bonds. The van der Waals surface area contributed by atoms with Gasteiger partial charge in [-0.3, -0.25) is 4.79 Å². The maximum absolute atomic E-state index is 14.0. The van der Waals surface area contributed by atoms with E-state index in [9.17, 15) is 14.7 Å². The van der Waals surface area contributed by atoms with Crippen LogP contribution in [0, 0.1) is 11.8 Å². The Morgan fingerprint density at radius 1 is 1.09 bits per heavy atom. The number of thiophene rings is 1. The second-order valence-corrected chi connectivity index (χ2v) is 12.2. The van der Waals surface area contributed by atoms with E-state index in [4.69, 9.17) is 4.74 Å². The topological polar surface area (TPSA) is 92.6 Å². The molecule has 0 aliphatic heterocycles. The number of aromatic carboxylic acids is 1. The van der Waals surface area contributed by atoms with Crippen molar-refractivity contribution in [3.63, 3.8) is 0 Å². The van der Waals surface area contributed by atoms with Crippen LogP contribution in [0.3, 0.4) is 0 Å². The van der Waals surface area contributed by atoms with Gasteiger partial charge in [0.05, 0.1) is 5.69 Å². The lowest BCUT2D eigenvalue weighted by molar-refractivity contribution is -0.124. The molecule has 4 rings (SSSR count). The molecule has 7 nitrogen and oxygen atoms in total. The number of nitrogens with zero attached hydrogens (tertiary/aromatic N) is 3. The number of ether oxygens (including phenoxy) is 1. The van der Waals surface area contributed by atoms with E-state index in [-0.39, 0.29) is 34.3 Å². The summed E-state index contributed by atoms with van der Waals surface area (Å²) in [6, 6.07) is 3.68. The minimum atomic E-state index is -0.962. The van der Waals surface area contributed by atoms with E-state index >= 15 is 0 Å². The van der Waals surface area contributed by atoms with Gasteiger partial charge in [0.1, 0.15) is 17.3 Å². The van der Waals surface area contributed by atoms with E-state index in [1.807, 2.05) is 11.0 Å². The first kappa shape index (κ1) is 25.6. The van der Waals surface area contributed by atoms with E-state index < -0.39 is 5.97 Å². The van der Waals surface area contributed by atoms with Crippen LogP contribution in [0.15, 0.2) is 24.7 Å². The van der Waals surface area contributed by atoms with E-state index in [1.54, 1.807) is 12.3 Å². The van der Waals surface area contributed by atoms with E-state index in [0.29, 0.717) is 17.5 Å². The molecule has 0 radical (unpaired) electrons. The van der Waals surface area contributed by atoms with Crippen molar-refractivity contribution in [2.75, 3.05) is 4.90 Å². The number of hydrogen-bond acceptors (Lipinski definition) is 6. The van der Waals surface area contributed by atoms with Gasteiger partial charge in [-0.2, -0.15) is 0 Å². The largest absolute Gasteiger partial charge is 0.477 e. The maximum Gasteiger partial charge on any atom is 0.348 e. The number of rotatable bonds is 6. The molecule has 1 N–H and O–H groups in total. The van der Waals surface area contributed by atoms with Gasteiger partial charge in [-0.05, 0) is 68.8 Å². The van der Waals surface area contributed by atoms with Crippen molar-refractivity contribution in [1.29, 1.82) is 0 Å². The Morgan fingerprint density at radius 3 is 2.34 bits per heavy atom. The first-order valence-electron chi connectivity index (χ1n) is 12.8. The number of anilines is 1. The van der Waals surface area contributed by atoms with Crippen LogP contribution in [-0.2, 0) is 10.2 Å². The third-order valence-electron chi connectivity index (χ3n) is 7.36. The molecule has 2 aliphatic rings. The molecule has 2 fully saturated rings. The van der Waals surface area contributed by atoms with Crippen molar-refractivity contribution in [3.8, 4) is 5.88 Å². The Hall–Kier alpha value is -2.48. The Bertz CT molecular complexity index is 1020. The maximum atomic E-state index is 14.0.